The number of rotatable bonds is 6. The minimum atomic E-state index is -2.80. The molecule has 4 rings (SSSR count). The van der Waals surface area contributed by atoms with Gasteiger partial charge < -0.3 is 9.47 Å². The molecule has 0 bridgehead atoms. The molecule has 7 nitrogen and oxygen atoms in total. The second kappa shape index (κ2) is 6.88. The quantitative estimate of drug-likeness (QED) is 0.593. The van der Waals surface area contributed by atoms with Gasteiger partial charge in [0.2, 0.25) is 12.3 Å². The van der Waals surface area contributed by atoms with E-state index >= 15 is 0 Å². The molecule has 1 aliphatic carbocycles. The van der Waals surface area contributed by atoms with E-state index in [1.54, 1.807) is 6.07 Å². The average Bonchev–Trinajstić information content (AvgIpc) is 3.37. The maximum atomic E-state index is 13.1. The zero-order valence-corrected chi connectivity index (χ0v) is 14.8. The van der Waals surface area contributed by atoms with Gasteiger partial charge in [-0.3, -0.25) is 0 Å². The number of aromatic nitrogens is 5. The molecule has 11 heteroatoms. The monoisotopic (exact) mass is 397 g/mol. The first-order valence-electron chi connectivity index (χ1n) is 8.34. The lowest BCUT2D eigenvalue weighted by Crippen LogP contribution is -2.03. The van der Waals surface area contributed by atoms with Crippen molar-refractivity contribution >= 4 is 5.65 Å². The van der Waals surface area contributed by atoms with Crippen LogP contribution in [0.15, 0.2) is 18.5 Å². The molecule has 0 spiro atoms. The minimum absolute atomic E-state index is 0.0736. The molecule has 0 aromatic carbocycles. The molecule has 3 aromatic heterocycles. The minimum Gasteiger partial charge on any atom is -0.480 e. The molecule has 3 aromatic rings. The third-order valence-electron chi connectivity index (χ3n) is 4.64. The number of nitrogens with zero attached hydrogens (tertiary/aromatic N) is 5. The third kappa shape index (κ3) is 3.10. The summed E-state index contributed by atoms with van der Waals surface area (Å²) in [5, 5.41) is 4.29. The normalized spacial score (nSPS) is 18.9. The van der Waals surface area contributed by atoms with Gasteiger partial charge in [-0.05, 0) is 18.4 Å². The Morgan fingerprint density at radius 2 is 1.93 bits per heavy atom. The second-order valence-electron chi connectivity index (χ2n) is 6.34. The summed E-state index contributed by atoms with van der Waals surface area (Å²) in [4.78, 5) is 12.0. The summed E-state index contributed by atoms with van der Waals surface area (Å²) in [5.41, 5.74) is 0.756. The largest absolute Gasteiger partial charge is 0.480 e. The maximum Gasteiger partial charge on any atom is 0.319 e. The van der Waals surface area contributed by atoms with Crippen molar-refractivity contribution in [3.63, 3.8) is 0 Å². The number of alkyl halides is 4. The van der Waals surface area contributed by atoms with Crippen LogP contribution in [0.5, 0.6) is 11.9 Å². The van der Waals surface area contributed by atoms with Crippen LogP contribution in [-0.2, 0) is 0 Å². The first-order valence-corrected chi connectivity index (χ1v) is 8.34. The topological polar surface area (TPSA) is 74.4 Å². The van der Waals surface area contributed by atoms with Gasteiger partial charge in [0, 0.05) is 17.7 Å². The highest BCUT2D eigenvalue weighted by Crippen LogP contribution is 2.52. The van der Waals surface area contributed by atoms with E-state index in [1.807, 2.05) is 0 Å². The Labute approximate surface area is 156 Å². The van der Waals surface area contributed by atoms with Crippen LogP contribution in [0.4, 0.5) is 17.6 Å². The van der Waals surface area contributed by atoms with Gasteiger partial charge in [0.1, 0.15) is 5.69 Å². The number of hydrogen-bond acceptors (Lipinski definition) is 6. The summed E-state index contributed by atoms with van der Waals surface area (Å²) in [5.74, 6) is -1.16. The Morgan fingerprint density at radius 3 is 2.54 bits per heavy atom. The van der Waals surface area contributed by atoms with E-state index in [2.05, 4.69) is 20.1 Å². The fourth-order valence-corrected chi connectivity index (χ4v) is 3.16. The fourth-order valence-electron chi connectivity index (χ4n) is 3.16. The van der Waals surface area contributed by atoms with Gasteiger partial charge in [-0.15, -0.1) is 0 Å². The Hall–Kier alpha value is -2.98. The predicted molar refractivity (Wildman–Crippen MR) is 88.9 cm³/mol. The summed E-state index contributed by atoms with van der Waals surface area (Å²) in [6.07, 6.45) is -2.55. The van der Waals surface area contributed by atoms with Crippen LogP contribution in [0.3, 0.4) is 0 Å². The Bertz CT molecular complexity index is 1030. The smallest absolute Gasteiger partial charge is 0.319 e. The van der Waals surface area contributed by atoms with Gasteiger partial charge in [-0.25, -0.2) is 32.0 Å². The van der Waals surface area contributed by atoms with Crippen LogP contribution < -0.4 is 9.47 Å². The van der Waals surface area contributed by atoms with Crippen molar-refractivity contribution in [2.24, 2.45) is 5.92 Å². The molecule has 0 saturated heterocycles. The lowest BCUT2D eigenvalue weighted by Gasteiger charge is -2.10. The highest BCUT2D eigenvalue weighted by molar-refractivity contribution is 5.68. The van der Waals surface area contributed by atoms with Gasteiger partial charge >= 0.3 is 6.01 Å². The number of hydrogen-bond donors (Lipinski definition) is 0. The summed E-state index contributed by atoms with van der Waals surface area (Å²) in [6.45, 7) is 0. The number of fused-ring (bicyclic) bond motifs is 1. The lowest BCUT2D eigenvalue weighted by molar-refractivity contribution is 0.120. The molecule has 0 amide bonds. The highest BCUT2D eigenvalue weighted by atomic mass is 19.3. The maximum absolute atomic E-state index is 13.1. The van der Waals surface area contributed by atoms with Crippen LogP contribution in [-0.4, -0.2) is 45.2 Å². The Balaban J connectivity index is 1.88. The van der Waals surface area contributed by atoms with E-state index in [-0.39, 0.29) is 24.0 Å². The summed E-state index contributed by atoms with van der Waals surface area (Å²) < 4.78 is 63.8. The van der Waals surface area contributed by atoms with Crippen molar-refractivity contribution in [1.82, 2.24) is 24.6 Å². The molecule has 1 aliphatic rings. The predicted octanol–water partition coefficient (Wildman–Crippen LogP) is 3.51. The van der Waals surface area contributed by atoms with E-state index in [0.717, 1.165) is 6.20 Å². The van der Waals surface area contributed by atoms with Crippen molar-refractivity contribution in [3.05, 3.63) is 29.7 Å². The van der Waals surface area contributed by atoms with Crippen LogP contribution in [0.2, 0.25) is 0 Å². The van der Waals surface area contributed by atoms with Gasteiger partial charge in [-0.2, -0.15) is 10.1 Å². The standard InChI is InChI=1S/C17H15F4N5O2/c1-27-16-10(5-22-17(24-16)28-2)11-4-9(7-3-8(7)13(18)19)15-23-12(14(20)21)6-26(15)25-11/h4-8,13-14H,3H2,1-2H3/t7-,8-/m0/s1. The average molecular weight is 397 g/mol. The molecule has 3 heterocycles. The molecule has 1 saturated carbocycles. The first kappa shape index (κ1) is 18.4. The zero-order valence-electron chi connectivity index (χ0n) is 14.8. The fraction of sp³-hybridized carbons (Fsp3) is 0.412. The Morgan fingerprint density at radius 1 is 1.14 bits per heavy atom. The molecular weight excluding hydrogens is 382 g/mol. The van der Waals surface area contributed by atoms with Crippen molar-refractivity contribution < 1.29 is 27.0 Å². The number of methoxy groups -OCH3 is 2. The van der Waals surface area contributed by atoms with E-state index in [0.29, 0.717) is 16.8 Å². The van der Waals surface area contributed by atoms with Crippen LogP contribution in [0.1, 0.15) is 30.0 Å². The Kier molecular flexibility index (Phi) is 4.52. The summed E-state index contributed by atoms with van der Waals surface area (Å²) in [6, 6.07) is 1.63. The number of halogens is 4. The molecule has 148 valence electrons. The van der Waals surface area contributed by atoms with Crippen molar-refractivity contribution in [2.45, 2.75) is 25.2 Å². The van der Waals surface area contributed by atoms with E-state index in [1.165, 1.54) is 24.9 Å². The molecule has 0 aliphatic heterocycles. The lowest BCUT2D eigenvalue weighted by atomic mass is 10.1. The van der Waals surface area contributed by atoms with Crippen LogP contribution in [0, 0.1) is 5.92 Å². The number of imidazole rings is 1. The summed E-state index contributed by atoms with van der Waals surface area (Å²) in [7, 11) is 2.79. The molecule has 2 atom stereocenters. The van der Waals surface area contributed by atoms with Crippen molar-refractivity contribution in [1.29, 1.82) is 0 Å². The molecule has 0 radical (unpaired) electrons. The second-order valence-corrected chi connectivity index (χ2v) is 6.34. The van der Waals surface area contributed by atoms with Gasteiger partial charge in [0.15, 0.2) is 5.65 Å². The zero-order chi connectivity index (χ0) is 20.0. The highest BCUT2D eigenvalue weighted by Gasteiger charge is 2.46. The molecule has 0 unspecified atom stereocenters. The summed E-state index contributed by atoms with van der Waals surface area (Å²) >= 11 is 0. The van der Waals surface area contributed by atoms with Crippen LogP contribution in [0.25, 0.3) is 16.9 Å². The number of ether oxygens (including phenoxy) is 2. The first-order chi connectivity index (χ1) is 13.4. The van der Waals surface area contributed by atoms with E-state index in [4.69, 9.17) is 9.47 Å². The van der Waals surface area contributed by atoms with E-state index < -0.39 is 30.4 Å². The third-order valence-corrected chi connectivity index (χ3v) is 4.64. The van der Waals surface area contributed by atoms with Crippen molar-refractivity contribution in [3.8, 4) is 23.1 Å². The van der Waals surface area contributed by atoms with Gasteiger partial charge in [-0.1, -0.05) is 0 Å². The molecular formula is C17H15F4N5O2. The van der Waals surface area contributed by atoms with E-state index in [9.17, 15) is 17.6 Å². The molecule has 28 heavy (non-hydrogen) atoms. The SMILES string of the molecule is COc1ncc(-c2cc([C@H]3C[C@@H]3C(F)F)c3nc(C(F)F)cn3n2)c(OC)n1. The van der Waals surface area contributed by atoms with Gasteiger partial charge in [0.05, 0.1) is 31.7 Å². The molecule has 1 fully saturated rings. The van der Waals surface area contributed by atoms with Crippen LogP contribution >= 0.6 is 0 Å². The van der Waals surface area contributed by atoms with Crippen molar-refractivity contribution in [2.75, 3.05) is 14.2 Å². The molecule has 0 N–H and O–H groups in total. The van der Waals surface area contributed by atoms with Gasteiger partial charge in [0.25, 0.3) is 6.43 Å².